The van der Waals surface area contributed by atoms with E-state index in [1.807, 2.05) is 0 Å². The van der Waals surface area contributed by atoms with Gasteiger partial charge in [-0.1, -0.05) is 12.5 Å². The van der Waals surface area contributed by atoms with Gasteiger partial charge in [0.05, 0.1) is 12.4 Å². The van der Waals surface area contributed by atoms with E-state index < -0.39 is 0 Å². The van der Waals surface area contributed by atoms with Gasteiger partial charge in [-0.2, -0.15) is 24.1 Å². The van der Waals surface area contributed by atoms with Gasteiger partial charge in [0.2, 0.25) is 0 Å². The number of ether oxygens (including phenoxy) is 1. The summed E-state index contributed by atoms with van der Waals surface area (Å²) in [6.07, 6.45) is 9.48. The molecule has 1 aliphatic carbocycles. The van der Waals surface area contributed by atoms with E-state index in [4.69, 9.17) is 4.74 Å². The molecule has 2 rings (SSSR count). The summed E-state index contributed by atoms with van der Waals surface area (Å²) >= 11 is 0. The van der Waals surface area contributed by atoms with Gasteiger partial charge >= 0.3 is 51.4 Å². The fourth-order valence-corrected chi connectivity index (χ4v) is 1.30. The van der Waals surface area contributed by atoms with E-state index in [0.29, 0.717) is 0 Å². The molecule has 2 heteroatoms. The molecule has 1 nitrogen and oxygen atoms in total. The first-order valence-electron chi connectivity index (χ1n) is 3.92. The Hall–Kier alpha value is 0.526. The third-order valence-corrected chi connectivity index (χ3v) is 1.99. The largest absolute Gasteiger partial charge is 1.00 e. The average Bonchev–Trinajstić information content (AvgIpc) is 2.38. The first-order valence-corrected chi connectivity index (χ1v) is 3.92. The third kappa shape index (κ3) is 2.27. The molecule has 0 aromatic heterocycles. The second-order valence-corrected chi connectivity index (χ2v) is 2.90. The van der Waals surface area contributed by atoms with Crippen LogP contribution in [0.3, 0.4) is 0 Å². The topological polar surface area (TPSA) is 9.23 Å². The zero-order valence-electron chi connectivity index (χ0n) is 7.63. The normalized spacial score (nSPS) is 19.9. The van der Waals surface area contributed by atoms with Crippen LogP contribution in [0.2, 0.25) is 0 Å². The van der Waals surface area contributed by atoms with Gasteiger partial charge in [0.15, 0.2) is 0 Å². The van der Waals surface area contributed by atoms with Gasteiger partial charge in [-0.05, 0) is 6.42 Å². The van der Waals surface area contributed by atoms with Crippen LogP contribution in [0.4, 0.5) is 0 Å². The van der Waals surface area contributed by atoms with Crippen LogP contribution in [-0.4, -0.2) is 6.61 Å². The Kier molecular flexibility index (Phi) is 4.13. The van der Waals surface area contributed by atoms with Crippen LogP contribution in [-0.2, 0) is 4.74 Å². The SMILES string of the molecule is C[C-]1C=CC2=C(C=C1)OCC2.[K+]. The Labute approximate surface area is 116 Å². The second kappa shape index (κ2) is 4.68. The third-order valence-electron chi connectivity index (χ3n) is 1.99. The van der Waals surface area contributed by atoms with Crippen molar-refractivity contribution in [2.45, 2.75) is 13.3 Å². The number of rotatable bonds is 0. The summed E-state index contributed by atoms with van der Waals surface area (Å²) in [5.41, 5.74) is 1.33. The van der Waals surface area contributed by atoms with Crippen molar-refractivity contribution in [2.24, 2.45) is 0 Å². The van der Waals surface area contributed by atoms with E-state index >= 15 is 0 Å². The molecule has 0 aromatic carbocycles. The average molecular weight is 186 g/mol. The van der Waals surface area contributed by atoms with Gasteiger partial charge in [0.25, 0.3) is 0 Å². The van der Waals surface area contributed by atoms with Crippen LogP contribution < -0.4 is 51.4 Å². The molecule has 12 heavy (non-hydrogen) atoms. The molecule has 0 spiro atoms. The van der Waals surface area contributed by atoms with Crippen LogP contribution in [0.5, 0.6) is 0 Å². The van der Waals surface area contributed by atoms with Crippen molar-refractivity contribution in [3.8, 4) is 0 Å². The molecule has 0 fully saturated rings. The summed E-state index contributed by atoms with van der Waals surface area (Å²) in [6, 6.07) is 0. The predicted octanol–water partition coefficient (Wildman–Crippen LogP) is -0.615. The number of hydrogen-bond acceptors (Lipinski definition) is 1. The van der Waals surface area contributed by atoms with Crippen LogP contribution >= 0.6 is 0 Å². The van der Waals surface area contributed by atoms with Crippen LogP contribution in [0.1, 0.15) is 13.3 Å². The molecule has 0 unspecified atom stereocenters. The Morgan fingerprint density at radius 3 is 2.92 bits per heavy atom. The standard InChI is InChI=1S/C10H11O.K/c1-8-2-4-9-6-7-11-10(9)5-3-8;/h2-5H,6-7H2,1H3;/q-1;+1. The van der Waals surface area contributed by atoms with Crippen molar-refractivity contribution < 1.29 is 56.1 Å². The Morgan fingerprint density at radius 2 is 2.08 bits per heavy atom. The van der Waals surface area contributed by atoms with E-state index in [1.54, 1.807) is 0 Å². The molecule has 1 aliphatic heterocycles. The molecule has 0 radical (unpaired) electrons. The summed E-state index contributed by atoms with van der Waals surface area (Å²) in [6.45, 7) is 2.94. The smallest absolute Gasteiger partial charge is 0.507 e. The minimum absolute atomic E-state index is 0. The van der Waals surface area contributed by atoms with E-state index in [0.717, 1.165) is 18.8 Å². The van der Waals surface area contributed by atoms with Crippen molar-refractivity contribution in [2.75, 3.05) is 6.61 Å². The minimum atomic E-state index is 0. The Balaban J connectivity index is 0.000000720. The zero-order valence-corrected chi connectivity index (χ0v) is 10.8. The molecule has 0 bridgehead atoms. The molecule has 0 saturated carbocycles. The Morgan fingerprint density at radius 1 is 1.33 bits per heavy atom. The fourth-order valence-electron chi connectivity index (χ4n) is 1.30. The summed E-state index contributed by atoms with van der Waals surface area (Å²) in [7, 11) is 0. The number of allylic oxidation sites excluding steroid dienone is 4. The summed E-state index contributed by atoms with van der Waals surface area (Å²) in [4.78, 5) is 0. The minimum Gasteiger partial charge on any atom is -0.507 e. The number of hydrogen-bond donors (Lipinski definition) is 0. The van der Waals surface area contributed by atoms with Gasteiger partial charge in [-0.3, -0.25) is 0 Å². The summed E-state index contributed by atoms with van der Waals surface area (Å²) < 4.78 is 5.41. The monoisotopic (exact) mass is 186 g/mol. The van der Waals surface area contributed by atoms with Crippen molar-refractivity contribution in [3.05, 3.63) is 41.6 Å². The molecule has 0 saturated heterocycles. The van der Waals surface area contributed by atoms with Gasteiger partial charge in [-0.25, -0.2) is 0 Å². The van der Waals surface area contributed by atoms with E-state index in [2.05, 4.69) is 31.2 Å². The second-order valence-electron chi connectivity index (χ2n) is 2.90. The van der Waals surface area contributed by atoms with E-state index in [-0.39, 0.29) is 51.4 Å². The van der Waals surface area contributed by atoms with E-state index in [1.165, 1.54) is 11.5 Å². The van der Waals surface area contributed by atoms with Crippen molar-refractivity contribution >= 4 is 0 Å². The van der Waals surface area contributed by atoms with Gasteiger partial charge in [0, 0.05) is 0 Å². The molecular weight excluding hydrogens is 175 g/mol. The van der Waals surface area contributed by atoms with Crippen molar-refractivity contribution in [1.29, 1.82) is 0 Å². The van der Waals surface area contributed by atoms with Crippen molar-refractivity contribution in [3.63, 3.8) is 0 Å². The fraction of sp³-hybridized carbons (Fsp3) is 0.300. The molecule has 58 valence electrons. The zero-order chi connectivity index (χ0) is 7.68. The maximum atomic E-state index is 5.41. The quantitative estimate of drug-likeness (QED) is 0.362. The molecule has 1 heterocycles. The maximum absolute atomic E-state index is 5.41. The molecular formula is C10H11KO. The van der Waals surface area contributed by atoms with Crippen LogP contribution in [0, 0.1) is 5.92 Å². The molecule has 0 aromatic rings. The maximum Gasteiger partial charge on any atom is 1.00 e. The summed E-state index contributed by atoms with van der Waals surface area (Å²) in [5.74, 6) is 2.33. The van der Waals surface area contributed by atoms with Crippen LogP contribution in [0.15, 0.2) is 35.6 Å². The van der Waals surface area contributed by atoms with Gasteiger partial charge in [0.1, 0.15) is 0 Å². The Bertz CT molecular complexity index is 227. The first kappa shape index (κ1) is 10.6. The molecule has 0 atom stereocenters. The van der Waals surface area contributed by atoms with Gasteiger partial charge < -0.3 is 4.74 Å². The van der Waals surface area contributed by atoms with Gasteiger partial charge in [-0.15, -0.1) is 6.08 Å². The molecule has 0 N–H and O–H groups in total. The first-order chi connectivity index (χ1) is 5.36. The molecule has 0 amide bonds. The summed E-state index contributed by atoms with van der Waals surface area (Å²) in [5, 5.41) is 0. The van der Waals surface area contributed by atoms with Crippen molar-refractivity contribution in [1.82, 2.24) is 0 Å². The van der Waals surface area contributed by atoms with Crippen LogP contribution in [0.25, 0.3) is 0 Å². The predicted molar refractivity (Wildman–Crippen MR) is 44.8 cm³/mol. The molecule has 2 aliphatic rings. The van der Waals surface area contributed by atoms with E-state index in [9.17, 15) is 0 Å².